The van der Waals surface area contributed by atoms with Crippen molar-refractivity contribution in [3.05, 3.63) is 62.1 Å². The summed E-state index contributed by atoms with van der Waals surface area (Å²) in [6, 6.07) is 6.68. The maximum Gasteiger partial charge on any atom is 0.271 e. The van der Waals surface area contributed by atoms with Gasteiger partial charge in [-0.15, -0.1) is 0 Å². The number of nitrogens with one attached hydrogen (secondary N) is 1. The second-order valence-corrected chi connectivity index (χ2v) is 7.01. The number of aromatic amines is 1. The fourth-order valence-corrected chi connectivity index (χ4v) is 3.89. The van der Waals surface area contributed by atoms with Crippen LogP contribution in [0.1, 0.15) is 46.4 Å². The number of rotatable bonds is 3. The van der Waals surface area contributed by atoms with Gasteiger partial charge in [-0.1, -0.05) is 29.3 Å². The van der Waals surface area contributed by atoms with Gasteiger partial charge in [0.15, 0.2) is 0 Å². The summed E-state index contributed by atoms with van der Waals surface area (Å²) in [6.07, 6.45) is 5.30. The Labute approximate surface area is 138 Å². The topological polar surface area (TPSA) is 36.1 Å². The SMILES string of the molecule is Cc1cc(C)cc(Cc2c3c([nH]c(=O)c2N(C)C)CCCC3)c1. The number of anilines is 1. The molecular weight excluding hydrogens is 284 g/mol. The fourth-order valence-electron chi connectivity index (χ4n) is 3.89. The average molecular weight is 310 g/mol. The van der Waals surface area contributed by atoms with Crippen molar-refractivity contribution in [2.75, 3.05) is 19.0 Å². The van der Waals surface area contributed by atoms with Crippen LogP contribution < -0.4 is 10.5 Å². The number of hydrogen-bond acceptors (Lipinski definition) is 2. The van der Waals surface area contributed by atoms with Crippen LogP contribution in [0.3, 0.4) is 0 Å². The lowest BCUT2D eigenvalue weighted by Gasteiger charge is -2.25. The van der Waals surface area contributed by atoms with Crippen molar-refractivity contribution in [3.8, 4) is 0 Å². The van der Waals surface area contributed by atoms with Crippen LogP contribution in [-0.2, 0) is 19.3 Å². The van der Waals surface area contributed by atoms with Gasteiger partial charge in [0.2, 0.25) is 0 Å². The van der Waals surface area contributed by atoms with E-state index >= 15 is 0 Å². The predicted molar refractivity (Wildman–Crippen MR) is 96.8 cm³/mol. The molecule has 3 nitrogen and oxygen atoms in total. The first-order valence-corrected chi connectivity index (χ1v) is 8.47. The van der Waals surface area contributed by atoms with Crippen molar-refractivity contribution in [1.29, 1.82) is 0 Å². The zero-order chi connectivity index (χ0) is 16.6. The highest BCUT2D eigenvalue weighted by molar-refractivity contribution is 5.57. The smallest absolute Gasteiger partial charge is 0.271 e. The average Bonchev–Trinajstić information content (AvgIpc) is 2.45. The Bertz CT molecular complexity index is 767. The van der Waals surface area contributed by atoms with Crippen LogP contribution in [-0.4, -0.2) is 19.1 Å². The molecule has 0 fully saturated rings. The number of aromatic nitrogens is 1. The third-order valence-electron chi connectivity index (χ3n) is 4.71. The third-order valence-corrected chi connectivity index (χ3v) is 4.71. The van der Waals surface area contributed by atoms with Gasteiger partial charge in [0.05, 0.1) is 0 Å². The van der Waals surface area contributed by atoms with Crippen molar-refractivity contribution < 1.29 is 0 Å². The molecule has 0 amide bonds. The maximum atomic E-state index is 12.6. The molecule has 1 aromatic heterocycles. The van der Waals surface area contributed by atoms with Gasteiger partial charge in [0, 0.05) is 26.2 Å². The van der Waals surface area contributed by atoms with E-state index in [0.29, 0.717) is 0 Å². The number of pyridine rings is 1. The van der Waals surface area contributed by atoms with E-state index in [2.05, 4.69) is 37.0 Å². The number of hydrogen-bond donors (Lipinski definition) is 1. The summed E-state index contributed by atoms with van der Waals surface area (Å²) in [5.74, 6) is 0. The molecule has 0 saturated heterocycles. The Morgan fingerprint density at radius 3 is 2.35 bits per heavy atom. The van der Waals surface area contributed by atoms with Crippen LogP contribution in [0.25, 0.3) is 0 Å². The van der Waals surface area contributed by atoms with E-state index < -0.39 is 0 Å². The molecule has 0 unspecified atom stereocenters. The summed E-state index contributed by atoms with van der Waals surface area (Å²) >= 11 is 0. The standard InChI is InChI=1S/C20H26N2O/c1-13-9-14(2)11-15(10-13)12-17-16-7-5-6-8-18(16)21-20(23)19(17)22(3)4/h9-11H,5-8,12H2,1-4H3,(H,21,23). The third kappa shape index (κ3) is 3.19. The van der Waals surface area contributed by atoms with Gasteiger partial charge >= 0.3 is 0 Å². The van der Waals surface area contributed by atoms with Gasteiger partial charge in [0.25, 0.3) is 5.56 Å². The minimum absolute atomic E-state index is 0.0509. The molecule has 1 aliphatic rings. The van der Waals surface area contributed by atoms with Crippen molar-refractivity contribution in [3.63, 3.8) is 0 Å². The zero-order valence-electron chi connectivity index (χ0n) is 14.6. The first-order chi connectivity index (χ1) is 11.0. The lowest BCUT2D eigenvalue weighted by atomic mass is 9.88. The molecule has 3 heteroatoms. The summed E-state index contributed by atoms with van der Waals surface area (Å²) in [7, 11) is 3.93. The Hall–Kier alpha value is -2.03. The molecule has 0 bridgehead atoms. The minimum atomic E-state index is 0.0509. The molecule has 0 aliphatic heterocycles. The highest BCUT2D eigenvalue weighted by Crippen LogP contribution is 2.29. The van der Waals surface area contributed by atoms with Gasteiger partial charge in [-0.05, 0) is 56.2 Å². The Balaban J connectivity index is 2.15. The molecule has 2 aromatic rings. The van der Waals surface area contributed by atoms with E-state index in [0.717, 1.165) is 30.6 Å². The van der Waals surface area contributed by atoms with Crippen LogP contribution >= 0.6 is 0 Å². The number of H-pyrrole nitrogens is 1. The molecule has 0 atom stereocenters. The van der Waals surface area contributed by atoms with E-state index in [4.69, 9.17) is 0 Å². The number of benzene rings is 1. The fraction of sp³-hybridized carbons (Fsp3) is 0.450. The van der Waals surface area contributed by atoms with E-state index in [1.165, 1.54) is 40.7 Å². The molecule has 3 rings (SSSR count). The largest absolute Gasteiger partial charge is 0.373 e. The van der Waals surface area contributed by atoms with Crippen LogP contribution in [0.5, 0.6) is 0 Å². The van der Waals surface area contributed by atoms with Crippen LogP contribution in [0.15, 0.2) is 23.0 Å². The Morgan fingerprint density at radius 2 is 1.70 bits per heavy atom. The van der Waals surface area contributed by atoms with Crippen molar-refractivity contribution in [1.82, 2.24) is 4.98 Å². The summed E-state index contributed by atoms with van der Waals surface area (Å²) in [5, 5.41) is 0. The van der Waals surface area contributed by atoms with Gasteiger partial charge < -0.3 is 9.88 Å². The van der Waals surface area contributed by atoms with E-state index in [9.17, 15) is 4.79 Å². The van der Waals surface area contributed by atoms with Crippen LogP contribution in [0.4, 0.5) is 5.69 Å². The van der Waals surface area contributed by atoms with Gasteiger partial charge in [-0.25, -0.2) is 0 Å². The highest BCUT2D eigenvalue weighted by atomic mass is 16.1. The van der Waals surface area contributed by atoms with Gasteiger partial charge in [-0.3, -0.25) is 4.79 Å². The number of nitrogens with zero attached hydrogens (tertiary/aromatic N) is 1. The number of fused-ring (bicyclic) bond motifs is 1. The molecule has 1 N–H and O–H groups in total. The van der Waals surface area contributed by atoms with Gasteiger partial charge in [0.1, 0.15) is 5.69 Å². The van der Waals surface area contributed by atoms with Crippen molar-refractivity contribution in [2.45, 2.75) is 46.0 Å². The lowest BCUT2D eigenvalue weighted by molar-refractivity contribution is 0.658. The molecule has 122 valence electrons. The molecule has 0 saturated carbocycles. The van der Waals surface area contributed by atoms with Crippen LogP contribution in [0.2, 0.25) is 0 Å². The highest BCUT2D eigenvalue weighted by Gasteiger charge is 2.21. The summed E-state index contributed by atoms with van der Waals surface area (Å²) < 4.78 is 0. The van der Waals surface area contributed by atoms with E-state index in [1.54, 1.807) is 0 Å². The Kier molecular flexibility index (Phi) is 4.29. The Morgan fingerprint density at radius 1 is 1.04 bits per heavy atom. The summed E-state index contributed by atoms with van der Waals surface area (Å²) in [5.41, 5.74) is 8.49. The molecular formula is C20H26N2O. The quantitative estimate of drug-likeness (QED) is 0.941. The van der Waals surface area contributed by atoms with E-state index in [-0.39, 0.29) is 5.56 Å². The molecule has 1 heterocycles. The molecule has 1 aliphatic carbocycles. The summed E-state index contributed by atoms with van der Waals surface area (Å²) in [6.45, 7) is 4.27. The van der Waals surface area contributed by atoms with Crippen LogP contribution in [0, 0.1) is 13.8 Å². The minimum Gasteiger partial charge on any atom is -0.373 e. The molecule has 0 spiro atoms. The lowest BCUT2D eigenvalue weighted by Crippen LogP contribution is -2.27. The van der Waals surface area contributed by atoms with Crippen molar-refractivity contribution in [2.24, 2.45) is 0 Å². The molecule has 23 heavy (non-hydrogen) atoms. The maximum absolute atomic E-state index is 12.6. The first-order valence-electron chi connectivity index (χ1n) is 8.47. The van der Waals surface area contributed by atoms with Gasteiger partial charge in [-0.2, -0.15) is 0 Å². The summed E-state index contributed by atoms with van der Waals surface area (Å²) in [4.78, 5) is 17.7. The second kappa shape index (κ2) is 6.23. The molecule has 1 aromatic carbocycles. The second-order valence-electron chi connectivity index (χ2n) is 7.01. The zero-order valence-corrected chi connectivity index (χ0v) is 14.6. The molecule has 0 radical (unpaired) electrons. The van der Waals surface area contributed by atoms with Crippen molar-refractivity contribution >= 4 is 5.69 Å². The first kappa shape index (κ1) is 15.9. The predicted octanol–water partition coefficient (Wildman–Crippen LogP) is 3.53. The number of aryl methyl sites for hydroxylation is 3. The van der Waals surface area contributed by atoms with E-state index in [1.807, 2.05) is 19.0 Å². The monoisotopic (exact) mass is 310 g/mol. The normalized spacial score (nSPS) is 13.7.